The van der Waals surface area contributed by atoms with Crippen molar-refractivity contribution in [3.63, 3.8) is 0 Å². The van der Waals surface area contributed by atoms with Crippen LogP contribution >= 0.6 is 27.3 Å². The number of halogens is 1. The van der Waals surface area contributed by atoms with Gasteiger partial charge in [0.1, 0.15) is 0 Å². The average Bonchev–Trinajstić information content (AvgIpc) is 2.83. The van der Waals surface area contributed by atoms with Gasteiger partial charge in [-0.15, -0.1) is 11.3 Å². The Hall–Kier alpha value is -0.750. The average molecular weight is 326 g/mol. The molecule has 0 saturated heterocycles. The van der Waals surface area contributed by atoms with Crippen LogP contribution in [0.4, 0.5) is 0 Å². The lowest BCUT2D eigenvalue weighted by Gasteiger charge is -2.14. The van der Waals surface area contributed by atoms with Gasteiger partial charge in [0.15, 0.2) is 0 Å². The molecule has 2 heterocycles. The Morgan fingerprint density at radius 2 is 2.28 bits per heavy atom. The van der Waals surface area contributed by atoms with Crippen molar-refractivity contribution in [1.82, 2.24) is 10.4 Å². The molecule has 0 aliphatic heterocycles. The number of pyridine rings is 1. The Morgan fingerprint density at radius 1 is 1.44 bits per heavy atom. The van der Waals surface area contributed by atoms with E-state index in [0.717, 1.165) is 23.0 Å². The maximum absolute atomic E-state index is 5.64. The van der Waals surface area contributed by atoms with Gasteiger partial charge < -0.3 is 0 Å². The number of aryl methyl sites for hydroxylation is 1. The number of thiophene rings is 1. The zero-order valence-electron chi connectivity index (χ0n) is 10.2. The van der Waals surface area contributed by atoms with E-state index in [-0.39, 0.29) is 6.04 Å². The first-order valence-corrected chi connectivity index (χ1v) is 7.54. The summed E-state index contributed by atoms with van der Waals surface area (Å²) in [6, 6.07) is 6.33. The quantitative estimate of drug-likeness (QED) is 0.655. The molecular formula is C13H16BrN3S. The van der Waals surface area contributed by atoms with Crippen LogP contribution in [0.25, 0.3) is 0 Å². The monoisotopic (exact) mass is 325 g/mol. The summed E-state index contributed by atoms with van der Waals surface area (Å²) < 4.78 is 1.10. The van der Waals surface area contributed by atoms with Crippen LogP contribution in [0.1, 0.15) is 29.1 Å². The van der Waals surface area contributed by atoms with Crippen molar-refractivity contribution >= 4 is 27.3 Å². The number of nitrogens with two attached hydrogens (primary N) is 1. The molecular weight excluding hydrogens is 310 g/mol. The summed E-state index contributed by atoms with van der Waals surface area (Å²) in [5.41, 5.74) is 5.17. The predicted octanol–water partition coefficient (Wildman–Crippen LogP) is 3.22. The molecule has 2 rings (SSSR count). The molecule has 2 aromatic rings. The fraction of sp³-hybridized carbons (Fsp3) is 0.308. The van der Waals surface area contributed by atoms with Gasteiger partial charge in [0.2, 0.25) is 0 Å². The number of nitrogens with one attached hydrogen (secondary N) is 1. The number of hydrogen-bond acceptors (Lipinski definition) is 4. The zero-order chi connectivity index (χ0) is 13.0. The number of nitrogens with zero attached hydrogens (tertiary/aromatic N) is 1. The van der Waals surface area contributed by atoms with Gasteiger partial charge in [-0.1, -0.05) is 13.0 Å². The van der Waals surface area contributed by atoms with Gasteiger partial charge in [0.05, 0.1) is 6.04 Å². The maximum Gasteiger partial charge on any atom is 0.0619 e. The summed E-state index contributed by atoms with van der Waals surface area (Å²) in [5.74, 6) is 5.64. The molecule has 0 radical (unpaired) electrons. The SMILES string of the molecule is CCc1ccc(CC(NN)c2sccc2Br)nc1. The molecule has 5 heteroatoms. The maximum atomic E-state index is 5.64. The minimum atomic E-state index is 0.0966. The van der Waals surface area contributed by atoms with Crippen molar-refractivity contribution in [1.29, 1.82) is 0 Å². The van der Waals surface area contributed by atoms with Gasteiger partial charge in [-0.05, 0) is 45.4 Å². The van der Waals surface area contributed by atoms with Crippen molar-refractivity contribution in [3.05, 3.63) is 50.4 Å². The summed E-state index contributed by atoms with van der Waals surface area (Å²) in [7, 11) is 0. The smallest absolute Gasteiger partial charge is 0.0619 e. The van der Waals surface area contributed by atoms with E-state index in [0.29, 0.717) is 0 Å². The topological polar surface area (TPSA) is 50.9 Å². The second kappa shape index (κ2) is 6.43. The molecule has 0 aliphatic rings. The number of rotatable bonds is 5. The van der Waals surface area contributed by atoms with Crippen molar-refractivity contribution in [3.8, 4) is 0 Å². The standard InChI is InChI=1S/C13H16BrN3S/c1-2-9-3-4-10(16-8-9)7-12(17-15)13-11(14)5-6-18-13/h3-6,8,12,17H,2,7,15H2,1H3. The molecule has 18 heavy (non-hydrogen) atoms. The third-order valence-corrected chi connectivity index (χ3v) is 4.85. The summed E-state index contributed by atoms with van der Waals surface area (Å²) in [4.78, 5) is 5.68. The number of aromatic nitrogens is 1. The Balaban J connectivity index is 2.13. The Morgan fingerprint density at radius 3 is 2.78 bits per heavy atom. The second-order valence-electron chi connectivity index (χ2n) is 4.07. The third-order valence-electron chi connectivity index (χ3n) is 2.87. The third kappa shape index (κ3) is 3.17. The molecule has 1 atom stereocenters. The summed E-state index contributed by atoms with van der Waals surface area (Å²) in [6.07, 6.45) is 3.74. The van der Waals surface area contributed by atoms with Crippen molar-refractivity contribution < 1.29 is 0 Å². The highest BCUT2D eigenvalue weighted by molar-refractivity contribution is 9.10. The molecule has 0 aliphatic carbocycles. The molecule has 0 aromatic carbocycles. The predicted molar refractivity (Wildman–Crippen MR) is 79.4 cm³/mol. The highest BCUT2D eigenvalue weighted by Crippen LogP contribution is 2.30. The highest BCUT2D eigenvalue weighted by atomic mass is 79.9. The molecule has 0 amide bonds. The van der Waals surface area contributed by atoms with Gasteiger partial charge in [0.25, 0.3) is 0 Å². The van der Waals surface area contributed by atoms with Crippen LogP contribution < -0.4 is 11.3 Å². The molecule has 0 saturated carbocycles. The van der Waals surface area contributed by atoms with Crippen LogP contribution in [0.15, 0.2) is 34.2 Å². The largest absolute Gasteiger partial charge is 0.271 e. The normalized spacial score (nSPS) is 12.6. The molecule has 0 spiro atoms. The minimum absolute atomic E-state index is 0.0966. The second-order valence-corrected chi connectivity index (χ2v) is 5.87. The van der Waals surface area contributed by atoms with E-state index in [1.54, 1.807) is 11.3 Å². The van der Waals surface area contributed by atoms with E-state index >= 15 is 0 Å². The van der Waals surface area contributed by atoms with E-state index in [1.165, 1.54) is 10.4 Å². The van der Waals surface area contributed by atoms with Crippen LogP contribution in [0.3, 0.4) is 0 Å². The summed E-state index contributed by atoms with van der Waals surface area (Å²) in [6.45, 7) is 2.13. The highest BCUT2D eigenvalue weighted by Gasteiger charge is 2.15. The number of hydrazine groups is 1. The van der Waals surface area contributed by atoms with Crippen molar-refractivity contribution in [2.24, 2.45) is 5.84 Å². The Kier molecular flexibility index (Phi) is 4.88. The molecule has 1 unspecified atom stereocenters. The zero-order valence-corrected chi connectivity index (χ0v) is 12.6. The van der Waals surface area contributed by atoms with Crippen molar-refractivity contribution in [2.75, 3.05) is 0 Å². The molecule has 0 bridgehead atoms. The first-order valence-electron chi connectivity index (χ1n) is 5.87. The van der Waals surface area contributed by atoms with Crippen LogP contribution in [0.5, 0.6) is 0 Å². The lowest BCUT2D eigenvalue weighted by molar-refractivity contribution is 0.552. The minimum Gasteiger partial charge on any atom is -0.271 e. The molecule has 96 valence electrons. The van der Waals surface area contributed by atoms with Crippen LogP contribution in [0.2, 0.25) is 0 Å². The number of hydrogen-bond donors (Lipinski definition) is 2. The molecule has 2 aromatic heterocycles. The molecule has 0 fully saturated rings. The van der Waals surface area contributed by atoms with E-state index in [2.05, 4.69) is 50.8 Å². The van der Waals surface area contributed by atoms with Crippen molar-refractivity contribution in [2.45, 2.75) is 25.8 Å². The van der Waals surface area contributed by atoms with Gasteiger partial charge in [-0.25, -0.2) is 0 Å². The van der Waals surface area contributed by atoms with E-state index in [4.69, 9.17) is 5.84 Å². The van der Waals surface area contributed by atoms with E-state index in [1.807, 2.05) is 12.3 Å². The molecule has 3 N–H and O–H groups in total. The van der Waals surface area contributed by atoms with Crippen LogP contribution in [-0.4, -0.2) is 4.98 Å². The first-order chi connectivity index (χ1) is 8.74. The van der Waals surface area contributed by atoms with Crippen LogP contribution in [-0.2, 0) is 12.8 Å². The van der Waals surface area contributed by atoms with Gasteiger partial charge >= 0.3 is 0 Å². The Labute approximate surface area is 120 Å². The molecule has 3 nitrogen and oxygen atoms in total. The summed E-state index contributed by atoms with van der Waals surface area (Å²) in [5, 5.41) is 2.05. The van der Waals surface area contributed by atoms with Crippen LogP contribution in [0, 0.1) is 0 Å². The Bertz CT molecular complexity index is 495. The van der Waals surface area contributed by atoms with Gasteiger partial charge in [-0.2, -0.15) is 0 Å². The lowest BCUT2D eigenvalue weighted by atomic mass is 10.1. The van der Waals surface area contributed by atoms with Gasteiger partial charge in [0, 0.05) is 27.7 Å². The lowest BCUT2D eigenvalue weighted by Crippen LogP contribution is -2.29. The first kappa shape index (κ1) is 13.7. The van der Waals surface area contributed by atoms with E-state index < -0.39 is 0 Å². The summed E-state index contributed by atoms with van der Waals surface area (Å²) >= 11 is 5.23. The van der Waals surface area contributed by atoms with Gasteiger partial charge in [-0.3, -0.25) is 16.3 Å². The fourth-order valence-corrected chi connectivity index (χ4v) is 3.49. The fourth-order valence-electron chi connectivity index (χ4n) is 1.78. The van der Waals surface area contributed by atoms with E-state index in [9.17, 15) is 0 Å².